The Balaban J connectivity index is 2.67. The molecule has 0 aliphatic rings. The second-order valence-corrected chi connectivity index (χ2v) is 2.80. The summed E-state index contributed by atoms with van der Waals surface area (Å²) in [6, 6.07) is 6.93. The third kappa shape index (κ3) is 3.34. The maximum absolute atomic E-state index is 11.3. The van der Waals surface area contributed by atoms with Crippen LogP contribution in [0.2, 0.25) is 0 Å². The van der Waals surface area contributed by atoms with Gasteiger partial charge >= 0.3 is 6.03 Å². The van der Waals surface area contributed by atoms with E-state index in [0.29, 0.717) is 11.4 Å². The lowest BCUT2D eigenvalue weighted by atomic mass is 10.3. The summed E-state index contributed by atoms with van der Waals surface area (Å²) in [7, 11) is 1.56. The molecule has 1 rings (SSSR count). The predicted molar refractivity (Wildman–Crippen MR) is 60.0 cm³/mol. The number of methoxy groups -OCH3 is 1. The van der Waals surface area contributed by atoms with Crippen LogP contribution < -0.4 is 15.4 Å². The molecule has 0 aromatic heterocycles. The Morgan fingerprint density at radius 2 is 2.13 bits per heavy atom. The summed E-state index contributed by atoms with van der Waals surface area (Å²) in [6.45, 7) is 1.82. The van der Waals surface area contributed by atoms with E-state index < -0.39 is 0 Å². The average Bonchev–Trinajstić information content (AvgIpc) is 2.27. The van der Waals surface area contributed by atoms with E-state index in [1.165, 1.54) is 0 Å². The molecule has 0 saturated heterocycles. The summed E-state index contributed by atoms with van der Waals surface area (Å²) in [5.41, 5.74) is 0.641. The number of hydrogen-bond acceptors (Lipinski definition) is 2. The van der Waals surface area contributed by atoms with Crippen LogP contribution in [0.1, 0.15) is 6.92 Å². The van der Waals surface area contributed by atoms with E-state index in [-0.39, 0.29) is 6.03 Å². The van der Waals surface area contributed by atoms with Crippen molar-refractivity contribution in [2.45, 2.75) is 6.92 Å². The molecule has 4 heteroatoms. The van der Waals surface area contributed by atoms with Crippen LogP contribution in [-0.4, -0.2) is 13.1 Å². The fourth-order valence-corrected chi connectivity index (χ4v) is 1.07. The molecule has 0 fully saturated rings. The van der Waals surface area contributed by atoms with Gasteiger partial charge < -0.3 is 15.4 Å². The highest BCUT2D eigenvalue weighted by Gasteiger charge is 2.04. The number of nitrogens with one attached hydrogen (secondary N) is 2. The lowest BCUT2D eigenvalue weighted by Gasteiger charge is -2.08. The standard InChI is InChI=1S/C11H14N2O2/c1-3-8-12-11(14)13-9-6-4-5-7-10(9)15-2/h3-8H,1-2H3,(H2,12,13,14)/b8-3+. The van der Waals surface area contributed by atoms with Crippen molar-refractivity contribution in [2.24, 2.45) is 0 Å². The van der Waals surface area contributed by atoms with Crippen molar-refractivity contribution in [3.8, 4) is 5.75 Å². The quantitative estimate of drug-likeness (QED) is 0.797. The number of para-hydroxylation sites is 2. The molecule has 2 amide bonds. The van der Waals surface area contributed by atoms with E-state index in [0.717, 1.165) is 0 Å². The van der Waals surface area contributed by atoms with E-state index in [4.69, 9.17) is 4.74 Å². The van der Waals surface area contributed by atoms with Gasteiger partial charge in [-0.2, -0.15) is 0 Å². The van der Waals surface area contributed by atoms with Gasteiger partial charge in [-0.05, 0) is 19.1 Å². The smallest absolute Gasteiger partial charge is 0.323 e. The van der Waals surface area contributed by atoms with Gasteiger partial charge in [0.1, 0.15) is 5.75 Å². The molecule has 0 heterocycles. The molecule has 0 radical (unpaired) electrons. The molecule has 1 aromatic carbocycles. The number of benzene rings is 1. The highest BCUT2D eigenvalue weighted by molar-refractivity contribution is 5.91. The van der Waals surface area contributed by atoms with Gasteiger partial charge in [0.15, 0.2) is 0 Å². The van der Waals surface area contributed by atoms with Crippen molar-refractivity contribution in [2.75, 3.05) is 12.4 Å². The van der Waals surface area contributed by atoms with Crippen molar-refractivity contribution < 1.29 is 9.53 Å². The summed E-state index contributed by atoms with van der Waals surface area (Å²) in [4.78, 5) is 11.3. The topological polar surface area (TPSA) is 50.4 Å². The van der Waals surface area contributed by atoms with Crippen LogP contribution in [0.25, 0.3) is 0 Å². The van der Waals surface area contributed by atoms with Crippen molar-refractivity contribution in [3.05, 3.63) is 36.5 Å². The maximum Gasteiger partial charge on any atom is 0.323 e. The van der Waals surface area contributed by atoms with Crippen molar-refractivity contribution in [1.29, 1.82) is 0 Å². The number of ether oxygens (including phenoxy) is 1. The number of rotatable bonds is 3. The summed E-state index contributed by atoms with van der Waals surface area (Å²) < 4.78 is 5.09. The SMILES string of the molecule is C/C=C/NC(=O)Nc1ccccc1OC. The maximum atomic E-state index is 11.3. The molecule has 0 aliphatic carbocycles. The van der Waals surface area contributed by atoms with Crippen molar-refractivity contribution in [1.82, 2.24) is 5.32 Å². The number of amides is 2. The fourth-order valence-electron chi connectivity index (χ4n) is 1.07. The van der Waals surface area contributed by atoms with Gasteiger partial charge in [-0.25, -0.2) is 4.79 Å². The van der Waals surface area contributed by atoms with Crippen LogP contribution in [0.5, 0.6) is 5.75 Å². The minimum Gasteiger partial charge on any atom is -0.495 e. The molecular formula is C11H14N2O2. The Morgan fingerprint density at radius 1 is 1.40 bits per heavy atom. The summed E-state index contributed by atoms with van der Waals surface area (Å²) in [6.07, 6.45) is 3.30. The molecular weight excluding hydrogens is 192 g/mol. The van der Waals surface area contributed by atoms with Gasteiger partial charge in [-0.3, -0.25) is 0 Å². The third-order valence-corrected chi connectivity index (χ3v) is 1.74. The summed E-state index contributed by atoms with van der Waals surface area (Å²) in [5.74, 6) is 0.633. The number of carbonyl (C=O) groups is 1. The Hall–Kier alpha value is -1.97. The van der Waals surface area contributed by atoms with Crippen LogP contribution in [0.4, 0.5) is 10.5 Å². The van der Waals surface area contributed by atoms with Gasteiger partial charge in [0.25, 0.3) is 0 Å². The molecule has 0 aliphatic heterocycles. The number of allylic oxidation sites excluding steroid dienone is 1. The van der Waals surface area contributed by atoms with Crippen LogP contribution in [-0.2, 0) is 0 Å². The monoisotopic (exact) mass is 206 g/mol. The largest absolute Gasteiger partial charge is 0.495 e. The van der Waals surface area contributed by atoms with Crippen LogP contribution >= 0.6 is 0 Å². The van der Waals surface area contributed by atoms with Gasteiger partial charge in [-0.1, -0.05) is 18.2 Å². The molecule has 0 saturated carbocycles. The van der Waals surface area contributed by atoms with E-state index in [1.807, 2.05) is 19.1 Å². The zero-order valence-corrected chi connectivity index (χ0v) is 8.78. The minimum absolute atomic E-state index is 0.294. The minimum atomic E-state index is -0.294. The fraction of sp³-hybridized carbons (Fsp3) is 0.182. The zero-order chi connectivity index (χ0) is 11.1. The number of anilines is 1. The first-order valence-electron chi connectivity index (χ1n) is 4.59. The van der Waals surface area contributed by atoms with E-state index in [9.17, 15) is 4.79 Å². The second-order valence-electron chi connectivity index (χ2n) is 2.80. The Bertz CT molecular complexity index is 361. The second kappa shape index (κ2) is 5.70. The molecule has 1 aromatic rings. The van der Waals surface area contributed by atoms with Crippen LogP contribution in [0, 0.1) is 0 Å². The molecule has 0 spiro atoms. The Morgan fingerprint density at radius 3 is 2.80 bits per heavy atom. The number of carbonyl (C=O) groups excluding carboxylic acids is 1. The molecule has 4 nitrogen and oxygen atoms in total. The van der Waals surface area contributed by atoms with Gasteiger partial charge in [-0.15, -0.1) is 0 Å². The third-order valence-electron chi connectivity index (χ3n) is 1.74. The molecule has 15 heavy (non-hydrogen) atoms. The molecule has 2 N–H and O–H groups in total. The van der Waals surface area contributed by atoms with Crippen molar-refractivity contribution >= 4 is 11.7 Å². The summed E-state index contributed by atoms with van der Waals surface area (Å²) in [5, 5.41) is 5.22. The van der Waals surface area contributed by atoms with E-state index >= 15 is 0 Å². The molecule has 0 atom stereocenters. The molecule has 0 bridgehead atoms. The van der Waals surface area contributed by atoms with Gasteiger partial charge in [0.05, 0.1) is 12.8 Å². The van der Waals surface area contributed by atoms with E-state index in [2.05, 4.69) is 10.6 Å². The van der Waals surface area contributed by atoms with Gasteiger partial charge in [0, 0.05) is 6.20 Å². The summed E-state index contributed by atoms with van der Waals surface area (Å²) >= 11 is 0. The number of hydrogen-bond donors (Lipinski definition) is 2. The van der Waals surface area contributed by atoms with Crippen LogP contribution in [0.15, 0.2) is 36.5 Å². The predicted octanol–water partition coefficient (Wildman–Crippen LogP) is 2.35. The Kier molecular flexibility index (Phi) is 4.22. The molecule has 0 unspecified atom stereocenters. The lowest BCUT2D eigenvalue weighted by molar-refractivity contribution is 0.255. The first kappa shape index (κ1) is 11.1. The highest BCUT2D eigenvalue weighted by atomic mass is 16.5. The first-order chi connectivity index (χ1) is 7.27. The number of urea groups is 1. The first-order valence-corrected chi connectivity index (χ1v) is 4.59. The Labute approximate surface area is 88.9 Å². The lowest BCUT2D eigenvalue weighted by Crippen LogP contribution is -2.23. The average molecular weight is 206 g/mol. The normalized spacial score (nSPS) is 10.0. The van der Waals surface area contributed by atoms with Gasteiger partial charge in [0.2, 0.25) is 0 Å². The van der Waals surface area contributed by atoms with Crippen LogP contribution in [0.3, 0.4) is 0 Å². The van der Waals surface area contributed by atoms with Crippen molar-refractivity contribution in [3.63, 3.8) is 0 Å². The highest BCUT2D eigenvalue weighted by Crippen LogP contribution is 2.22. The molecule has 80 valence electrons. The zero-order valence-electron chi connectivity index (χ0n) is 8.78. The van der Waals surface area contributed by atoms with E-state index in [1.54, 1.807) is 31.5 Å².